The minimum Gasteiger partial charge on any atom is -0.258 e. The lowest BCUT2D eigenvalue weighted by Gasteiger charge is -2.04. The second-order valence-corrected chi connectivity index (χ2v) is 4.64. The molecule has 2 N–H and O–H groups in total. The number of hydrogen-bond donors (Lipinski definition) is 2. The summed E-state index contributed by atoms with van der Waals surface area (Å²) in [4.78, 5) is 0. The van der Waals surface area contributed by atoms with Crippen molar-refractivity contribution < 1.29 is 0 Å². The van der Waals surface area contributed by atoms with Gasteiger partial charge in [-0.1, -0.05) is 71.6 Å². The molecule has 0 aliphatic heterocycles. The largest absolute Gasteiger partial charge is 0.258 e. The second-order valence-electron chi connectivity index (χ2n) is 4.64. The lowest BCUT2D eigenvalue weighted by molar-refractivity contribution is 0.506. The van der Waals surface area contributed by atoms with Crippen molar-refractivity contribution in [3.05, 3.63) is 0 Å². The third-order valence-corrected chi connectivity index (χ3v) is 2.96. The lowest BCUT2D eigenvalue weighted by Crippen LogP contribution is -2.31. The van der Waals surface area contributed by atoms with Crippen molar-refractivity contribution in [1.29, 1.82) is 0 Å². The fourth-order valence-electron chi connectivity index (χ4n) is 1.91. The van der Waals surface area contributed by atoms with E-state index in [1.165, 1.54) is 64.2 Å². The van der Waals surface area contributed by atoms with E-state index in [0.29, 0.717) is 0 Å². The van der Waals surface area contributed by atoms with E-state index in [-0.39, 0.29) is 0 Å². The van der Waals surface area contributed by atoms with Gasteiger partial charge in [0.05, 0.1) is 0 Å². The summed E-state index contributed by atoms with van der Waals surface area (Å²) in [5.74, 6) is 0. The molecule has 0 bridgehead atoms. The van der Waals surface area contributed by atoms with Crippen LogP contribution >= 0.6 is 0 Å². The smallest absolute Gasteiger partial charge is 0.00997 e. The van der Waals surface area contributed by atoms with Gasteiger partial charge in [0.25, 0.3) is 0 Å². The molecule has 0 aliphatic carbocycles. The molecule has 0 unspecified atom stereocenters. The zero-order chi connectivity index (χ0) is 11.9. The van der Waals surface area contributed by atoms with Gasteiger partial charge in [-0.2, -0.15) is 0 Å². The molecule has 0 aromatic heterocycles. The van der Waals surface area contributed by atoms with Crippen molar-refractivity contribution >= 4 is 0 Å². The van der Waals surface area contributed by atoms with Crippen LogP contribution in [-0.2, 0) is 0 Å². The summed E-state index contributed by atoms with van der Waals surface area (Å²) in [6, 6.07) is 0. The van der Waals surface area contributed by atoms with E-state index in [9.17, 15) is 0 Å². The molecule has 0 radical (unpaired) electrons. The summed E-state index contributed by atoms with van der Waals surface area (Å²) in [5.41, 5.74) is 6.34. The lowest BCUT2D eigenvalue weighted by atomic mass is 10.1. The standard InChI is InChI=1S/C14H32N2/c1-3-5-6-7-8-9-10-11-12-13-14-16-15-4-2/h15-16H,3-14H2,1-2H3. The Morgan fingerprint density at radius 3 is 1.56 bits per heavy atom. The minimum atomic E-state index is 1.01. The van der Waals surface area contributed by atoms with Crippen molar-refractivity contribution in [2.45, 2.75) is 78.1 Å². The molecule has 0 spiro atoms. The van der Waals surface area contributed by atoms with Crippen LogP contribution in [0.5, 0.6) is 0 Å². The number of nitrogens with one attached hydrogen (secondary N) is 2. The summed E-state index contributed by atoms with van der Waals surface area (Å²) in [5, 5.41) is 0. The van der Waals surface area contributed by atoms with E-state index in [4.69, 9.17) is 0 Å². The molecule has 0 atom stereocenters. The van der Waals surface area contributed by atoms with Gasteiger partial charge in [-0.3, -0.25) is 10.9 Å². The molecule has 0 fully saturated rings. The van der Waals surface area contributed by atoms with Gasteiger partial charge in [-0.05, 0) is 6.42 Å². The fraction of sp³-hybridized carbons (Fsp3) is 1.00. The predicted molar refractivity (Wildman–Crippen MR) is 73.5 cm³/mol. The number of hydrazine groups is 1. The van der Waals surface area contributed by atoms with E-state index < -0.39 is 0 Å². The molecule has 0 amide bonds. The van der Waals surface area contributed by atoms with E-state index in [2.05, 4.69) is 24.7 Å². The van der Waals surface area contributed by atoms with Crippen molar-refractivity contribution in [3.63, 3.8) is 0 Å². The number of hydrogen-bond acceptors (Lipinski definition) is 2. The topological polar surface area (TPSA) is 24.1 Å². The molecule has 0 aromatic carbocycles. The maximum atomic E-state index is 3.21. The minimum absolute atomic E-state index is 1.01. The summed E-state index contributed by atoms with van der Waals surface area (Å²) in [7, 11) is 0. The van der Waals surface area contributed by atoms with Crippen molar-refractivity contribution in [2.24, 2.45) is 0 Å². The van der Waals surface area contributed by atoms with Crippen LogP contribution in [0.25, 0.3) is 0 Å². The first-order chi connectivity index (χ1) is 7.91. The Labute approximate surface area is 103 Å². The van der Waals surface area contributed by atoms with E-state index in [1.54, 1.807) is 0 Å². The first kappa shape index (κ1) is 15.9. The molecular formula is C14H32N2. The molecular weight excluding hydrogens is 196 g/mol. The van der Waals surface area contributed by atoms with Gasteiger partial charge in [-0.25, -0.2) is 0 Å². The van der Waals surface area contributed by atoms with Crippen molar-refractivity contribution in [2.75, 3.05) is 13.1 Å². The molecule has 0 heterocycles. The zero-order valence-electron chi connectivity index (χ0n) is 11.5. The molecule has 0 aliphatic rings. The molecule has 16 heavy (non-hydrogen) atoms. The fourth-order valence-corrected chi connectivity index (χ4v) is 1.91. The van der Waals surface area contributed by atoms with Gasteiger partial charge < -0.3 is 0 Å². The van der Waals surface area contributed by atoms with Gasteiger partial charge in [0.15, 0.2) is 0 Å². The highest BCUT2D eigenvalue weighted by Gasteiger charge is 1.92. The van der Waals surface area contributed by atoms with Crippen LogP contribution in [0, 0.1) is 0 Å². The first-order valence-corrected chi connectivity index (χ1v) is 7.37. The maximum Gasteiger partial charge on any atom is 0.00997 e. The summed E-state index contributed by atoms with van der Waals surface area (Å²) in [6.07, 6.45) is 14.1. The van der Waals surface area contributed by atoms with Crippen LogP contribution in [0.2, 0.25) is 0 Å². The summed E-state index contributed by atoms with van der Waals surface area (Å²) in [6.45, 7) is 6.52. The van der Waals surface area contributed by atoms with Gasteiger partial charge >= 0.3 is 0 Å². The third-order valence-electron chi connectivity index (χ3n) is 2.96. The monoisotopic (exact) mass is 228 g/mol. The molecule has 0 saturated carbocycles. The van der Waals surface area contributed by atoms with Crippen LogP contribution in [0.15, 0.2) is 0 Å². The van der Waals surface area contributed by atoms with Crippen LogP contribution < -0.4 is 10.9 Å². The Bertz CT molecular complexity index is 101. The van der Waals surface area contributed by atoms with Crippen LogP contribution in [0.4, 0.5) is 0 Å². The average molecular weight is 228 g/mol. The molecule has 0 rings (SSSR count). The first-order valence-electron chi connectivity index (χ1n) is 7.37. The van der Waals surface area contributed by atoms with E-state index >= 15 is 0 Å². The van der Waals surface area contributed by atoms with Gasteiger partial charge in [-0.15, -0.1) is 0 Å². The Hall–Kier alpha value is -0.0800. The highest BCUT2D eigenvalue weighted by molar-refractivity contribution is 4.48. The van der Waals surface area contributed by atoms with Crippen molar-refractivity contribution in [1.82, 2.24) is 10.9 Å². The van der Waals surface area contributed by atoms with Crippen LogP contribution in [-0.4, -0.2) is 13.1 Å². The van der Waals surface area contributed by atoms with Crippen LogP contribution in [0.1, 0.15) is 78.1 Å². The number of rotatable bonds is 13. The maximum absolute atomic E-state index is 3.21. The number of unbranched alkanes of at least 4 members (excludes halogenated alkanes) is 9. The van der Waals surface area contributed by atoms with Gasteiger partial charge in [0.1, 0.15) is 0 Å². The molecule has 0 saturated heterocycles. The Morgan fingerprint density at radius 2 is 1.06 bits per heavy atom. The van der Waals surface area contributed by atoms with Gasteiger partial charge in [0, 0.05) is 13.1 Å². The zero-order valence-corrected chi connectivity index (χ0v) is 11.5. The van der Waals surface area contributed by atoms with E-state index in [1.807, 2.05) is 0 Å². The normalized spacial score (nSPS) is 10.9. The van der Waals surface area contributed by atoms with E-state index in [0.717, 1.165) is 13.1 Å². The summed E-state index contributed by atoms with van der Waals surface area (Å²) < 4.78 is 0. The molecule has 2 nitrogen and oxygen atoms in total. The SMILES string of the molecule is CCCCCCCCCCCCNNCC. The average Bonchev–Trinajstić information content (AvgIpc) is 2.31. The molecule has 2 heteroatoms. The summed E-state index contributed by atoms with van der Waals surface area (Å²) >= 11 is 0. The Balaban J connectivity index is 2.83. The Kier molecular flexibility index (Phi) is 14.8. The van der Waals surface area contributed by atoms with Gasteiger partial charge in [0.2, 0.25) is 0 Å². The molecule has 0 aromatic rings. The highest BCUT2D eigenvalue weighted by Crippen LogP contribution is 2.09. The molecule has 98 valence electrons. The third kappa shape index (κ3) is 13.9. The Morgan fingerprint density at radius 1 is 0.562 bits per heavy atom. The quantitative estimate of drug-likeness (QED) is 0.367. The highest BCUT2D eigenvalue weighted by atomic mass is 15.3. The van der Waals surface area contributed by atoms with Crippen molar-refractivity contribution in [3.8, 4) is 0 Å². The second kappa shape index (κ2) is 14.9. The van der Waals surface area contributed by atoms with Crippen LogP contribution in [0.3, 0.4) is 0 Å². The predicted octanol–water partition coefficient (Wildman–Crippen LogP) is 4.02.